The Balaban J connectivity index is 1.54. The smallest absolute Gasteiger partial charge is 0.311 e. The maximum absolute atomic E-state index is 14.8. The molecule has 0 aliphatic carbocycles. The molecule has 10 nitrogen and oxygen atoms in total. The summed E-state index contributed by atoms with van der Waals surface area (Å²) in [5.74, 6) is -2.07. The Morgan fingerprint density at radius 2 is 2.02 bits per heavy atom. The van der Waals surface area contributed by atoms with Crippen molar-refractivity contribution in [3.63, 3.8) is 0 Å². The Labute approximate surface area is 257 Å². The van der Waals surface area contributed by atoms with Crippen LogP contribution in [0.1, 0.15) is 52.9 Å². The van der Waals surface area contributed by atoms with E-state index in [0.29, 0.717) is 25.7 Å². The predicted octanol–water partition coefficient (Wildman–Crippen LogP) is 3.80. The van der Waals surface area contributed by atoms with Gasteiger partial charge in [-0.05, 0) is 57.1 Å². The lowest BCUT2D eigenvalue weighted by molar-refractivity contribution is -0.156. The Morgan fingerprint density at radius 3 is 2.72 bits per heavy atom. The van der Waals surface area contributed by atoms with Gasteiger partial charge in [-0.2, -0.15) is 0 Å². The number of para-hydroxylation sites is 1. The molecular formula is C32H43N5O5S. The highest BCUT2D eigenvalue weighted by Crippen LogP contribution is 2.72. The van der Waals surface area contributed by atoms with Gasteiger partial charge in [0.2, 0.25) is 11.8 Å². The van der Waals surface area contributed by atoms with Gasteiger partial charge in [0.1, 0.15) is 18.2 Å². The third kappa shape index (κ3) is 5.39. The molecule has 0 radical (unpaired) electrons. The summed E-state index contributed by atoms with van der Waals surface area (Å²) in [5.41, 5.74) is 1.50. The van der Waals surface area contributed by atoms with Gasteiger partial charge in [-0.1, -0.05) is 43.3 Å². The van der Waals surface area contributed by atoms with E-state index >= 15 is 0 Å². The maximum atomic E-state index is 14.8. The zero-order valence-corrected chi connectivity index (χ0v) is 26.2. The molecule has 5 rings (SSSR count). The van der Waals surface area contributed by atoms with Crippen LogP contribution in [0.2, 0.25) is 0 Å². The first-order chi connectivity index (χ1) is 20.6. The van der Waals surface area contributed by atoms with E-state index in [-0.39, 0.29) is 50.1 Å². The van der Waals surface area contributed by atoms with E-state index in [0.717, 1.165) is 17.5 Å². The number of nitrogens with zero attached hydrogens (tertiary/aromatic N) is 5. The summed E-state index contributed by atoms with van der Waals surface area (Å²) >= 11 is 1.60. The Morgan fingerprint density at radius 1 is 1.26 bits per heavy atom. The molecule has 43 heavy (non-hydrogen) atoms. The molecule has 1 spiro atoms. The number of rotatable bonds is 14. The molecule has 3 saturated heterocycles. The summed E-state index contributed by atoms with van der Waals surface area (Å²) in [6.07, 6.45) is 6.68. The summed E-state index contributed by atoms with van der Waals surface area (Å²) < 4.78 is 6.06. The molecule has 2 aromatic rings. The SMILES string of the molecule is C=CCCCOC(=O)[C@@H]1[C@H]2C(=O)N([C@@H](CO)CC(C)C)C(C(=O)N(CC=C)Cn3nnc4ccccc43)C23CC[C@@]1(C)S3. The first-order valence-corrected chi connectivity index (χ1v) is 16.0. The third-order valence-corrected chi connectivity index (χ3v) is 11.2. The van der Waals surface area contributed by atoms with E-state index in [1.165, 1.54) is 0 Å². The number of unbranched alkanes of at least 4 members (excludes halogenated alkanes) is 1. The number of aliphatic hydroxyl groups is 1. The molecule has 3 fully saturated rings. The monoisotopic (exact) mass is 609 g/mol. The second-order valence-electron chi connectivity index (χ2n) is 12.6. The molecule has 232 valence electrons. The minimum absolute atomic E-state index is 0.120. The largest absolute Gasteiger partial charge is 0.465 e. The summed E-state index contributed by atoms with van der Waals surface area (Å²) in [7, 11) is 0. The Kier molecular flexibility index (Phi) is 9.04. The Hall–Kier alpha value is -3.18. The van der Waals surface area contributed by atoms with Gasteiger partial charge in [0, 0.05) is 11.3 Å². The number of ether oxygens (including phenoxy) is 1. The third-order valence-electron chi connectivity index (χ3n) is 9.23. The van der Waals surface area contributed by atoms with Crippen molar-refractivity contribution in [3.8, 4) is 0 Å². The van der Waals surface area contributed by atoms with Crippen molar-refractivity contribution in [1.29, 1.82) is 0 Å². The minimum Gasteiger partial charge on any atom is -0.465 e. The Bertz CT molecular complexity index is 1400. The number of fused-ring (bicyclic) bond motifs is 2. The quantitative estimate of drug-likeness (QED) is 0.195. The van der Waals surface area contributed by atoms with Crippen LogP contribution in [0.4, 0.5) is 0 Å². The predicted molar refractivity (Wildman–Crippen MR) is 166 cm³/mol. The number of hydrogen-bond acceptors (Lipinski definition) is 8. The number of aliphatic hydroxyl groups excluding tert-OH is 1. The van der Waals surface area contributed by atoms with Crippen LogP contribution in [0.25, 0.3) is 11.0 Å². The van der Waals surface area contributed by atoms with Gasteiger partial charge in [-0.25, -0.2) is 4.68 Å². The van der Waals surface area contributed by atoms with Crippen LogP contribution < -0.4 is 0 Å². The standard InChI is InChI=1S/C32H43N5O5S/c1-6-8-11-17-42-30(41)26-25-28(39)37(22(19-38)18-21(3)4)27(32(25)15-14-31(26,5)43-32)29(40)35(16-7-2)20-36-24-13-10-9-12-23(24)33-34-36/h6-7,9-10,12-13,21-22,25-27,38H,1-2,8,11,14-20H2,3-5H3/t22-,25+,26+,27?,31-,32?/m1/s1. The lowest BCUT2D eigenvalue weighted by atomic mass is 9.66. The number of likely N-dealkylation sites (tertiary alicyclic amines) is 1. The fourth-order valence-electron chi connectivity index (χ4n) is 7.43. The van der Waals surface area contributed by atoms with Crippen molar-refractivity contribution in [2.24, 2.45) is 17.8 Å². The van der Waals surface area contributed by atoms with Crippen LogP contribution in [0.5, 0.6) is 0 Å². The number of esters is 1. The van der Waals surface area contributed by atoms with Gasteiger partial charge in [0.25, 0.3) is 0 Å². The molecule has 3 aliphatic rings. The molecule has 3 aliphatic heterocycles. The van der Waals surface area contributed by atoms with Gasteiger partial charge in [0.15, 0.2) is 0 Å². The fourth-order valence-corrected chi connectivity index (χ4v) is 9.76. The van der Waals surface area contributed by atoms with Crippen LogP contribution in [0, 0.1) is 17.8 Å². The maximum Gasteiger partial charge on any atom is 0.311 e. The normalized spacial score (nSPS) is 28.3. The second-order valence-corrected chi connectivity index (χ2v) is 14.5. The minimum atomic E-state index is -0.860. The van der Waals surface area contributed by atoms with Crippen LogP contribution in [0.15, 0.2) is 49.6 Å². The van der Waals surface area contributed by atoms with E-state index in [4.69, 9.17) is 4.74 Å². The second kappa shape index (κ2) is 12.4. The van der Waals surface area contributed by atoms with Crippen molar-refractivity contribution in [2.75, 3.05) is 19.8 Å². The van der Waals surface area contributed by atoms with Gasteiger partial charge >= 0.3 is 5.97 Å². The molecule has 2 bridgehead atoms. The molecule has 1 N–H and O–H groups in total. The van der Waals surface area contributed by atoms with Crippen LogP contribution in [-0.2, 0) is 25.8 Å². The van der Waals surface area contributed by atoms with Gasteiger partial charge in [-0.3, -0.25) is 14.4 Å². The summed E-state index contributed by atoms with van der Waals surface area (Å²) in [6.45, 7) is 14.0. The topological polar surface area (TPSA) is 118 Å². The van der Waals surface area contributed by atoms with E-state index in [2.05, 4.69) is 23.5 Å². The highest BCUT2D eigenvalue weighted by molar-refractivity contribution is 8.02. The highest BCUT2D eigenvalue weighted by Gasteiger charge is 2.78. The molecule has 11 heteroatoms. The number of carbonyl (C=O) groups is 3. The van der Waals surface area contributed by atoms with Crippen LogP contribution in [0.3, 0.4) is 0 Å². The van der Waals surface area contributed by atoms with Gasteiger partial charge in [-0.15, -0.1) is 30.0 Å². The number of amides is 2. The summed E-state index contributed by atoms with van der Waals surface area (Å²) in [5, 5.41) is 19.1. The number of thioether (sulfide) groups is 1. The molecular weight excluding hydrogens is 566 g/mol. The number of aromatic nitrogens is 3. The molecule has 0 saturated carbocycles. The average Bonchev–Trinajstić information content (AvgIpc) is 3.69. The zero-order valence-electron chi connectivity index (χ0n) is 25.4. The summed E-state index contributed by atoms with van der Waals surface area (Å²) in [4.78, 5) is 46.3. The lowest BCUT2D eigenvalue weighted by Crippen LogP contribution is -2.57. The number of hydrogen-bond donors (Lipinski definition) is 1. The van der Waals surface area contributed by atoms with E-state index in [1.807, 2.05) is 45.0 Å². The molecule has 4 heterocycles. The first-order valence-electron chi connectivity index (χ1n) is 15.2. The van der Waals surface area contributed by atoms with Crippen molar-refractivity contribution in [1.82, 2.24) is 24.8 Å². The highest BCUT2D eigenvalue weighted by atomic mass is 32.2. The van der Waals surface area contributed by atoms with Crippen molar-refractivity contribution >= 4 is 40.6 Å². The zero-order chi connectivity index (χ0) is 30.9. The molecule has 2 unspecified atom stereocenters. The van der Waals surface area contributed by atoms with Crippen molar-refractivity contribution in [2.45, 2.75) is 81.1 Å². The number of allylic oxidation sites excluding steroid dienone is 1. The van der Waals surface area contributed by atoms with E-state index in [9.17, 15) is 19.5 Å². The number of benzene rings is 1. The first kappa shape index (κ1) is 31.3. The van der Waals surface area contributed by atoms with Gasteiger partial charge < -0.3 is 19.6 Å². The van der Waals surface area contributed by atoms with E-state index in [1.54, 1.807) is 38.4 Å². The molecule has 1 aromatic heterocycles. The lowest BCUT2D eigenvalue weighted by Gasteiger charge is -2.40. The average molecular weight is 610 g/mol. The summed E-state index contributed by atoms with van der Waals surface area (Å²) in [6, 6.07) is 6.12. The molecule has 2 amide bonds. The molecule has 1 aromatic carbocycles. The molecule has 6 atom stereocenters. The van der Waals surface area contributed by atoms with Gasteiger partial charge in [0.05, 0.1) is 41.4 Å². The fraction of sp³-hybridized carbons (Fsp3) is 0.594. The number of carbonyl (C=O) groups excluding carboxylic acids is 3. The van der Waals surface area contributed by atoms with Crippen molar-refractivity contribution in [3.05, 3.63) is 49.6 Å². The van der Waals surface area contributed by atoms with E-state index < -0.39 is 33.4 Å². The van der Waals surface area contributed by atoms with Crippen LogP contribution in [-0.4, -0.2) is 89.0 Å². The van der Waals surface area contributed by atoms with Crippen LogP contribution >= 0.6 is 11.8 Å². The van der Waals surface area contributed by atoms with Crippen molar-refractivity contribution < 1.29 is 24.2 Å².